The van der Waals surface area contributed by atoms with Crippen molar-refractivity contribution in [2.24, 2.45) is 0 Å². The van der Waals surface area contributed by atoms with Crippen molar-refractivity contribution < 1.29 is 12.9 Å². The molecule has 4 rings (SSSR count). The Balaban J connectivity index is 1.53. The van der Waals surface area contributed by atoms with Crippen molar-refractivity contribution in [3.63, 3.8) is 0 Å². The van der Waals surface area contributed by atoms with Crippen LogP contribution in [0.1, 0.15) is 10.4 Å². The number of anilines is 1. The SMILES string of the molecule is Cc1ccc(Cl)cc1N1CCN(S(=O)(=O)c2cc(-c3ccno3)sc2C)CC1. The lowest BCUT2D eigenvalue weighted by atomic mass is 10.1. The predicted octanol–water partition coefficient (Wildman–Crippen LogP) is 4.18. The zero-order chi connectivity index (χ0) is 19.9. The molecule has 28 heavy (non-hydrogen) atoms. The van der Waals surface area contributed by atoms with Crippen LogP contribution in [-0.4, -0.2) is 44.1 Å². The zero-order valence-electron chi connectivity index (χ0n) is 15.6. The molecule has 1 fully saturated rings. The number of piperazine rings is 1. The van der Waals surface area contributed by atoms with Crippen LogP contribution >= 0.6 is 22.9 Å². The zero-order valence-corrected chi connectivity index (χ0v) is 17.9. The van der Waals surface area contributed by atoms with Gasteiger partial charge in [-0.3, -0.25) is 0 Å². The van der Waals surface area contributed by atoms with Crippen molar-refractivity contribution in [2.45, 2.75) is 18.7 Å². The Morgan fingerprint density at radius 1 is 1.11 bits per heavy atom. The smallest absolute Gasteiger partial charge is 0.244 e. The first-order valence-electron chi connectivity index (χ1n) is 8.89. The van der Waals surface area contributed by atoms with Gasteiger partial charge >= 0.3 is 0 Å². The third-order valence-electron chi connectivity index (χ3n) is 4.92. The highest BCUT2D eigenvalue weighted by atomic mass is 35.5. The van der Waals surface area contributed by atoms with E-state index in [0.717, 1.165) is 21.0 Å². The summed E-state index contributed by atoms with van der Waals surface area (Å²) in [4.78, 5) is 4.05. The molecule has 0 radical (unpaired) electrons. The highest BCUT2D eigenvalue weighted by molar-refractivity contribution is 7.89. The molecule has 1 aromatic carbocycles. The molecule has 2 aromatic heterocycles. The Labute approximate surface area is 173 Å². The van der Waals surface area contributed by atoms with E-state index in [-0.39, 0.29) is 0 Å². The van der Waals surface area contributed by atoms with Crippen LogP contribution in [0.15, 0.2) is 45.9 Å². The number of rotatable bonds is 4. The number of thiophene rings is 1. The molecule has 0 saturated carbocycles. The van der Waals surface area contributed by atoms with Gasteiger partial charge in [-0.05, 0) is 37.6 Å². The van der Waals surface area contributed by atoms with Gasteiger partial charge < -0.3 is 9.42 Å². The molecule has 0 spiro atoms. The molecule has 1 saturated heterocycles. The molecule has 1 aliphatic rings. The molecular formula is C19H20ClN3O3S2. The quantitative estimate of drug-likeness (QED) is 0.612. The van der Waals surface area contributed by atoms with E-state index in [1.54, 1.807) is 22.6 Å². The van der Waals surface area contributed by atoms with Crippen LogP contribution < -0.4 is 4.90 Å². The van der Waals surface area contributed by atoms with Gasteiger partial charge in [-0.2, -0.15) is 4.31 Å². The first kappa shape index (κ1) is 19.4. The van der Waals surface area contributed by atoms with Gasteiger partial charge in [0.15, 0.2) is 5.76 Å². The lowest BCUT2D eigenvalue weighted by molar-refractivity contribution is 0.384. The van der Waals surface area contributed by atoms with Crippen molar-refractivity contribution in [1.82, 2.24) is 9.46 Å². The largest absolute Gasteiger partial charge is 0.369 e. The number of aryl methyl sites for hydroxylation is 2. The average Bonchev–Trinajstić information content (AvgIpc) is 3.33. The summed E-state index contributed by atoms with van der Waals surface area (Å²) in [6, 6.07) is 9.21. The molecule has 3 aromatic rings. The highest BCUT2D eigenvalue weighted by Gasteiger charge is 2.31. The van der Waals surface area contributed by atoms with Crippen molar-refractivity contribution in [1.29, 1.82) is 0 Å². The minimum atomic E-state index is -3.56. The minimum absolute atomic E-state index is 0.344. The second-order valence-electron chi connectivity index (χ2n) is 6.73. The summed E-state index contributed by atoms with van der Waals surface area (Å²) in [6.45, 7) is 5.97. The Hall–Kier alpha value is -1.87. The van der Waals surface area contributed by atoms with Crippen molar-refractivity contribution in [3.05, 3.63) is 52.0 Å². The Morgan fingerprint density at radius 2 is 1.86 bits per heavy atom. The monoisotopic (exact) mass is 437 g/mol. The van der Waals surface area contributed by atoms with Crippen LogP contribution in [0.25, 0.3) is 10.6 Å². The molecule has 0 N–H and O–H groups in total. The molecule has 9 heteroatoms. The van der Waals surface area contributed by atoms with Crippen LogP contribution in [0.5, 0.6) is 0 Å². The third-order valence-corrected chi connectivity index (χ3v) is 8.38. The number of hydrogen-bond acceptors (Lipinski definition) is 6. The first-order valence-corrected chi connectivity index (χ1v) is 11.5. The van der Waals surface area contributed by atoms with Crippen LogP contribution in [0.4, 0.5) is 5.69 Å². The fourth-order valence-electron chi connectivity index (χ4n) is 3.42. The maximum atomic E-state index is 13.2. The summed E-state index contributed by atoms with van der Waals surface area (Å²) in [5, 5.41) is 4.38. The third kappa shape index (κ3) is 3.57. The van der Waals surface area contributed by atoms with Gasteiger partial charge in [-0.1, -0.05) is 22.8 Å². The molecule has 0 atom stereocenters. The van der Waals surface area contributed by atoms with Gasteiger partial charge in [0, 0.05) is 47.8 Å². The fraction of sp³-hybridized carbons (Fsp3) is 0.316. The van der Waals surface area contributed by atoms with E-state index in [2.05, 4.69) is 10.1 Å². The van der Waals surface area contributed by atoms with Gasteiger partial charge in [-0.25, -0.2) is 8.42 Å². The standard InChI is InChI=1S/C19H20ClN3O3S2/c1-13-3-4-15(20)11-16(13)22-7-9-23(10-8-22)28(24,25)19-12-18(27-14(19)2)17-5-6-21-26-17/h3-6,11-12H,7-10H2,1-2H3. The van der Waals surface area contributed by atoms with Gasteiger partial charge in [0.2, 0.25) is 10.0 Å². The van der Waals surface area contributed by atoms with E-state index in [1.165, 1.54) is 11.3 Å². The van der Waals surface area contributed by atoms with E-state index in [4.69, 9.17) is 16.1 Å². The summed E-state index contributed by atoms with van der Waals surface area (Å²) in [5.41, 5.74) is 2.19. The second-order valence-corrected chi connectivity index (χ2v) is 10.3. The van der Waals surface area contributed by atoms with Crippen LogP contribution in [0.2, 0.25) is 5.02 Å². The topological polar surface area (TPSA) is 66.7 Å². The van der Waals surface area contributed by atoms with Gasteiger partial charge in [-0.15, -0.1) is 11.3 Å². The second kappa shape index (κ2) is 7.51. The molecule has 0 unspecified atom stereocenters. The maximum absolute atomic E-state index is 13.2. The van der Waals surface area contributed by atoms with E-state index >= 15 is 0 Å². The lowest BCUT2D eigenvalue weighted by Gasteiger charge is -2.36. The fourth-order valence-corrected chi connectivity index (χ4v) is 6.52. The lowest BCUT2D eigenvalue weighted by Crippen LogP contribution is -2.48. The normalized spacial score (nSPS) is 15.9. The minimum Gasteiger partial charge on any atom is -0.369 e. The summed E-state index contributed by atoms with van der Waals surface area (Å²) >= 11 is 7.53. The summed E-state index contributed by atoms with van der Waals surface area (Å²) < 4.78 is 33.1. The molecule has 6 nitrogen and oxygen atoms in total. The highest BCUT2D eigenvalue weighted by Crippen LogP contribution is 2.35. The van der Waals surface area contributed by atoms with Crippen molar-refractivity contribution in [3.8, 4) is 10.6 Å². The van der Waals surface area contributed by atoms with Gasteiger partial charge in [0.25, 0.3) is 0 Å². The first-order chi connectivity index (χ1) is 13.4. The number of sulfonamides is 1. The van der Waals surface area contributed by atoms with Gasteiger partial charge in [0.05, 0.1) is 16.0 Å². The molecule has 0 aliphatic carbocycles. The average molecular weight is 438 g/mol. The van der Waals surface area contributed by atoms with E-state index < -0.39 is 10.0 Å². The van der Waals surface area contributed by atoms with Crippen molar-refractivity contribution >= 4 is 38.6 Å². The Bertz CT molecular complexity index is 1090. The van der Waals surface area contributed by atoms with Crippen LogP contribution in [0.3, 0.4) is 0 Å². The summed E-state index contributed by atoms with van der Waals surface area (Å²) in [6.07, 6.45) is 1.55. The Kier molecular flexibility index (Phi) is 5.22. The Morgan fingerprint density at radius 3 is 2.54 bits per heavy atom. The number of aromatic nitrogens is 1. The molecule has 3 heterocycles. The molecular weight excluding hydrogens is 418 g/mol. The summed E-state index contributed by atoms with van der Waals surface area (Å²) in [7, 11) is -3.56. The number of halogens is 1. The van der Waals surface area contributed by atoms with Crippen molar-refractivity contribution in [2.75, 3.05) is 31.1 Å². The summed E-state index contributed by atoms with van der Waals surface area (Å²) in [5.74, 6) is 0.579. The van der Waals surface area contributed by atoms with Crippen LogP contribution in [-0.2, 0) is 10.0 Å². The predicted molar refractivity (Wildman–Crippen MR) is 112 cm³/mol. The number of hydrogen-bond donors (Lipinski definition) is 0. The molecule has 1 aliphatic heterocycles. The molecule has 0 bridgehead atoms. The van der Waals surface area contributed by atoms with E-state index in [1.807, 2.05) is 32.0 Å². The number of benzene rings is 1. The molecule has 148 valence electrons. The number of nitrogens with zero attached hydrogens (tertiary/aromatic N) is 3. The van der Waals surface area contributed by atoms with Crippen LogP contribution in [0, 0.1) is 13.8 Å². The molecule has 0 amide bonds. The van der Waals surface area contributed by atoms with E-state index in [0.29, 0.717) is 41.9 Å². The van der Waals surface area contributed by atoms with Gasteiger partial charge in [0.1, 0.15) is 0 Å². The van der Waals surface area contributed by atoms with E-state index in [9.17, 15) is 8.42 Å². The maximum Gasteiger partial charge on any atom is 0.244 e.